The Morgan fingerprint density at radius 1 is 1.00 bits per heavy atom. The third kappa shape index (κ3) is 3.27. The average molecular weight is 366 g/mol. The first kappa shape index (κ1) is 17.5. The van der Waals surface area contributed by atoms with Crippen molar-refractivity contribution in [3.05, 3.63) is 17.0 Å². The molecule has 0 amide bonds. The van der Waals surface area contributed by atoms with E-state index in [4.69, 9.17) is 5.10 Å². The Morgan fingerprint density at radius 3 is 2.40 bits per heavy atom. The van der Waals surface area contributed by atoms with E-state index in [0.29, 0.717) is 6.54 Å². The lowest BCUT2D eigenvalue weighted by atomic mass is 10.0. The van der Waals surface area contributed by atoms with Crippen LogP contribution in [0.2, 0.25) is 0 Å². The minimum absolute atomic E-state index is 0.168. The van der Waals surface area contributed by atoms with E-state index in [9.17, 15) is 8.42 Å². The van der Waals surface area contributed by atoms with Crippen LogP contribution in [0.1, 0.15) is 81.2 Å². The van der Waals surface area contributed by atoms with Crippen LogP contribution in [0.25, 0.3) is 0 Å². The van der Waals surface area contributed by atoms with Gasteiger partial charge in [0.05, 0.1) is 17.5 Å². The Hall–Kier alpha value is -0.880. The van der Waals surface area contributed by atoms with E-state index in [0.717, 1.165) is 69.9 Å². The molecule has 0 atom stereocenters. The maximum absolute atomic E-state index is 13.5. The molecule has 4 rings (SSSR count). The number of aryl methyl sites for hydroxylation is 1. The summed E-state index contributed by atoms with van der Waals surface area (Å²) < 4.78 is 30.8. The van der Waals surface area contributed by atoms with Crippen LogP contribution in [0, 0.1) is 0 Å². The van der Waals surface area contributed by atoms with E-state index in [2.05, 4.69) is 0 Å². The molecule has 1 aromatic heterocycles. The van der Waals surface area contributed by atoms with Crippen molar-refractivity contribution >= 4 is 10.0 Å². The summed E-state index contributed by atoms with van der Waals surface area (Å²) in [6.45, 7) is 0.493. The van der Waals surface area contributed by atoms with Gasteiger partial charge in [-0.1, -0.05) is 32.1 Å². The highest BCUT2D eigenvalue weighted by molar-refractivity contribution is 7.89. The molecular formula is C19H31N3O2S. The Balaban J connectivity index is 1.63. The van der Waals surface area contributed by atoms with Gasteiger partial charge in [-0.2, -0.15) is 9.40 Å². The molecule has 2 fully saturated rings. The van der Waals surface area contributed by atoms with Gasteiger partial charge in [0.25, 0.3) is 0 Å². The van der Waals surface area contributed by atoms with E-state index >= 15 is 0 Å². The molecule has 0 aliphatic heterocycles. The molecule has 0 bridgehead atoms. The smallest absolute Gasteiger partial charge is 0.217 e. The van der Waals surface area contributed by atoms with E-state index in [1.807, 2.05) is 16.0 Å². The van der Waals surface area contributed by atoms with E-state index in [-0.39, 0.29) is 11.3 Å². The summed E-state index contributed by atoms with van der Waals surface area (Å²) in [4.78, 5) is 0. The first-order valence-electron chi connectivity index (χ1n) is 10.1. The maximum atomic E-state index is 13.5. The second kappa shape index (κ2) is 7.03. The molecule has 0 radical (unpaired) electrons. The number of fused-ring (bicyclic) bond motifs is 1. The number of aromatic nitrogens is 2. The van der Waals surface area contributed by atoms with Gasteiger partial charge in [0.1, 0.15) is 0 Å². The zero-order valence-electron chi connectivity index (χ0n) is 15.4. The monoisotopic (exact) mass is 365 g/mol. The predicted molar refractivity (Wildman–Crippen MR) is 98.8 cm³/mol. The molecule has 1 heterocycles. The predicted octanol–water partition coefficient (Wildman–Crippen LogP) is 3.32. The highest BCUT2D eigenvalue weighted by Crippen LogP contribution is 2.34. The fraction of sp³-hybridized carbons (Fsp3) is 0.842. The quantitative estimate of drug-likeness (QED) is 0.804. The molecule has 1 aromatic rings. The van der Waals surface area contributed by atoms with Crippen molar-refractivity contribution in [3.63, 3.8) is 0 Å². The molecule has 6 heteroatoms. The summed E-state index contributed by atoms with van der Waals surface area (Å²) in [5.41, 5.74) is 3.65. The van der Waals surface area contributed by atoms with Crippen molar-refractivity contribution in [2.45, 2.75) is 94.9 Å². The van der Waals surface area contributed by atoms with Crippen LogP contribution in [-0.2, 0) is 36.5 Å². The number of nitrogens with zero attached hydrogens (tertiary/aromatic N) is 3. The van der Waals surface area contributed by atoms with Gasteiger partial charge in [-0.3, -0.25) is 4.68 Å². The van der Waals surface area contributed by atoms with Gasteiger partial charge in [0.2, 0.25) is 10.0 Å². The van der Waals surface area contributed by atoms with Gasteiger partial charge in [0, 0.05) is 18.8 Å². The van der Waals surface area contributed by atoms with Crippen LogP contribution >= 0.6 is 0 Å². The maximum Gasteiger partial charge on any atom is 0.217 e. The Kier molecular flexibility index (Phi) is 4.93. The molecular weight excluding hydrogens is 334 g/mol. The largest absolute Gasteiger partial charge is 0.272 e. The summed E-state index contributed by atoms with van der Waals surface area (Å²) in [5.74, 6) is 0. The van der Waals surface area contributed by atoms with Crippen LogP contribution in [-0.4, -0.2) is 33.8 Å². The lowest BCUT2D eigenvalue weighted by Crippen LogP contribution is -2.44. The molecule has 0 unspecified atom stereocenters. The average Bonchev–Trinajstić information content (AvgIpc) is 3.34. The fourth-order valence-electron chi connectivity index (χ4n) is 5.15. The first-order valence-corrected chi connectivity index (χ1v) is 11.6. The highest BCUT2D eigenvalue weighted by atomic mass is 32.2. The normalized spacial score (nSPS) is 22.8. The Bertz CT molecular complexity index is 713. The van der Waals surface area contributed by atoms with Crippen LogP contribution in [0.5, 0.6) is 0 Å². The minimum Gasteiger partial charge on any atom is -0.272 e. The SMILES string of the molecule is Cn1nc(CN(C2CCCC2)S(=O)(=O)C2CCCCC2)c2c1CCC2. The summed E-state index contributed by atoms with van der Waals surface area (Å²) in [6.07, 6.45) is 12.6. The van der Waals surface area contributed by atoms with E-state index in [1.54, 1.807) is 0 Å². The van der Waals surface area contributed by atoms with Crippen molar-refractivity contribution in [2.75, 3.05) is 0 Å². The van der Waals surface area contributed by atoms with Crippen LogP contribution in [0.4, 0.5) is 0 Å². The van der Waals surface area contributed by atoms with Gasteiger partial charge in [-0.15, -0.1) is 0 Å². The standard InChI is InChI=1S/C19H31N3O2S/c1-21-19-13-7-12-17(19)18(20-21)14-22(15-8-5-6-9-15)25(23,24)16-10-3-2-4-11-16/h15-16H,2-14H2,1H3. The molecule has 0 aromatic carbocycles. The fourth-order valence-corrected chi connectivity index (χ4v) is 7.39. The van der Waals surface area contributed by atoms with Gasteiger partial charge < -0.3 is 0 Å². The number of rotatable bonds is 5. The molecule has 3 aliphatic carbocycles. The van der Waals surface area contributed by atoms with Crippen LogP contribution in [0.3, 0.4) is 0 Å². The van der Waals surface area contributed by atoms with Crippen molar-refractivity contribution in [3.8, 4) is 0 Å². The molecule has 2 saturated carbocycles. The second-order valence-corrected chi connectivity index (χ2v) is 10.3. The lowest BCUT2D eigenvalue weighted by Gasteiger charge is -2.33. The van der Waals surface area contributed by atoms with Crippen LogP contribution in [0.15, 0.2) is 0 Å². The highest BCUT2D eigenvalue weighted by Gasteiger charge is 2.39. The topological polar surface area (TPSA) is 55.2 Å². The summed E-state index contributed by atoms with van der Waals surface area (Å²) >= 11 is 0. The van der Waals surface area contributed by atoms with E-state index < -0.39 is 10.0 Å². The lowest BCUT2D eigenvalue weighted by molar-refractivity contribution is 0.302. The summed E-state index contributed by atoms with van der Waals surface area (Å²) in [5, 5.41) is 4.54. The third-order valence-corrected chi connectivity index (χ3v) is 8.93. The Morgan fingerprint density at radius 2 is 1.68 bits per heavy atom. The molecule has 0 N–H and O–H groups in total. The minimum atomic E-state index is -3.23. The first-order chi connectivity index (χ1) is 12.1. The summed E-state index contributed by atoms with van der Waals surface area (Å²) in [6, 6.07) is 0.186. The summed E-state index contributed by atoms with van der Waals surface area (Å²) in [7, 11) is -1.23. The number of hydrogen-bond donors (Lipinski definition) is 0. The Labute approximate surface area is 151 Å². The molecule has 25 heavy (non-hydrogen) atoms. The zero-order chi connectivity index (χ0) is 17.4. The molecule has 0 spiro atoms. The third-order valence-electron chi connectivity index (χ3n) is 6.54. The molecule has 3 aliphatic rings. The van der Waals surface area contributed by atoms with Crippen LogP contribution < -0.4 is 0 Å². The second-order valence-electron chi connectivity index (χ2n) is 8.14. The van der Waals surface area contributed by atoms with Crippen molar-refractivity contribution in [1.29, 1.82) is 0 Å². The van der Waals surface area contributed by atoms with Gasteiger partial charge in [-0.25, -0.2) is 8.42 Å². The van der Waals surface area contributed by atoms with Crippen molar-refractivity contribution in [1.82, 2.24) is 14.1 Å². The van der Waals surface area contributed by atoms with Crippen molar-refractivity contribution in [2.24, 2.45) is 7.05 Å². The van der Waals surface area contributed by atoms with Gasteiger partial charge in [-0.05, 0) is 50.5 Å². The molecule has 0 saturated heterocycles. The van der Waals surface area contributed by atoms with Crippen molar-refractivity contribution < 1.29 is 8.42 Å². The van der Waals surface area contributed by atoms with Gasteiger partial charge in [0.15, 0.2) is 0 Å². The van der Waals surface area contributed by atoms with E-state index in [1.165, 1.54) is 24.1 Å². The zero-order valence-corrected chi connectivity index (χ0v) is 16.2. The number of sulfonamides is 1. The molecule has 140 valence electrons. The van der Waals surface area contributed by atoms with Gasteiger partial charge >= 0.3 is 0 Å². The molecule has 5 nitrogen and oxygen atoms in total. The number of hydrogen-bond acceptors (Lipinski definition) is 3.